The second-order valence-electron chi connectivity index (χ2n) is 6.63. The van der Waals surface area contributed by atoms with Gasteiger partial charge in [-0.2, -0.15) is 0 Å². The fourth-order valence-corrected chi connectivity index (χ4v) is 4.48. The fourth-order valence-electron chi connectivity index (χ4n) is 3.07. The van der Waals surface area contributed by atoms with Crippen LogP contribution in [-0.4, -0.2) is 20.8 Å². The predicted molar refractivity (Wildman–Crippen MR) is 117 cm³/mol. The van der Waals surface area contributed by atoms with E-state index in [0.717, 1.165) is 21.3 Å². The van der Waals surface area contributed by atoms with Crippen LogP contribution in [0.1, 0.15) is 21.5 Å². The lowest BCUT2D eigenvalue weighted by Gasteiger charge is -2.20. The van der Waals surface area contributed by atoms with E-state index in [0.29, 0.717) is 10.2 Å². The van der Waals surface area contributed by atoms with Gasteiger partial charge in [-0.25, -0.2) is 4.98 Å². The van der Waals surface area contributed by atoms with E-state index in [1.54, 1.807) is 24.5 Å². The van der Waals surface area contributed by atoms with Gasteiger partial charge in [0, 0.05) is 35.1 Å². The maximum atomic E-state index is 13.4. The molecule has 0 atom stereocenters. The molecule has 0 N–H and O–H groups in total. The number of amides is 1. The smallest absolute Gasteiger partial charge is 0.270 e. The summed E-state index contributed by atoms with van der Waals surface area (Å²) in [5.74, 6) is -0.384. The van der Waals surface area contributed by atoms with Gasteiger partial charge >= 0.3 is 0 Å². The molecule has 0 spiro atoms. The Bertz CT molecular complexity index is 1260. The maximum Gasteiger partial charge on any atom is 0.270 e. The Morgan fingerprint density at radius 1 is 1.23 bits per heavy atom. The summed E-state index contributed by atoms with van der Waals surface area (Å²) in [6.07, 6.45) is 3.32. The number of halogens is 1. The molecule has 0 saturated heterocycles. The van der Waals surface area contributed by atoms with Gasteiger partial charge < -0.3 is 0 Å². The van der Waals surface area contributed by atoms with Gasteiger partial charge in [0.2, 0.25) is 0 Å². The number of benzene rings is 2. The monoisotopic (exact) mass is 438 g/mol. The van der Waals surface area contributed by atoms with Crippen LogP contribution in [-0.2, 0) is 6.54 Å². The van der Waals surface area contributed by atoms with E-state index in [9.17, 15) is 14.9 Å². The number of nitro groups is 1. The van der Waals surface area contributed by atoms with Crippen LogP contribution in [0, 0.1) is 17.0 Å². The van der Waals surface area contributed by atoms with Crippen molar-refractivity contribution in [3.05, 3.63) is 92.8 Å². The highest BCUT2D eigenvalue weighted by atomic mass is 35.5. The standard InChI is InChI=1S/C21H15ClN4O3S/c1-13-8-16(22)10-18-19(13)24-21(30-18)25(12-14-4-3-7-23-11-14)20(27)15-5-2-6-17(9-15)26(28)29/h2-11H,12H2,1H3. The first-order valence-electron chi connectivity index (χ1n) is 8.94. The highest BCUT2D eigenvalue weighted by molar-refractivity contribution is 7.22. The zero-order valence-electron chi connectivity index (χ0n) is 15.8. The van der Waals surface area contributed by atoms with Crippen LogP contribution in [0.4, 0.5) is 10.8 Å². The summed E-state index contributed by atoms with van der Waals surface area (Å²) in [7, 11) is 0. The number of hydrogen-bond donors (Lipinski definition) is 0. The zero-order valence-corrected chi connectivity index (χ0v) is 17.4. The number of aromatic nitrogens is 2. The molecule has 2 aromatic heterocycles. The highest BCUT2D eigenvalue weighted by Crippen LogP contribution is 2.34. The molecule has 0 saturated carbocycles. The summed E-state index contributed by atoms with van der Waals surface area (Å²) in [6, 6.07) is 13.0. The summed E-state index contributed by atoms with van der Waals surface area (Å²) < 4.78 is 0.859. The maximum absolute atomic E-state index is 13.4. The summed E-state index contributed by atoms with van der Waals surface area (Å²) >= 11 is 7.52. The molecule has 4 aromatic rings. The summed E-state index contributed by atoms with van der Waals surface area (Å²) in [5, 5.41) is 12.2. The van der Waals surface area contributed by atoms with Crippen LogP contribution in [0.5, 0.6) is 0 Å². The first-order chi connectivity index (χ1) is 14.4. The van der Waals surface area contributed by atoms with E-state index in [4.69, 9.17) is 11.6 Å². The second-order valence-corrected chi connectivity index (χ2v) is 8.07. The van der Waals surface area contributed by atoms with Gasteiger partial charge in [0.1, 0.15) is 0 Å². The molecule has 0 aliphatic carbocycles. The third kappa shape index (κ3) is 4.00. The number of fused-ring (bicyclic) bond motifs is 1. The van der Waals surface area contributed by atoms with Crippen LogP contribution in [0.2, 0.25) is 5.02 Å². The van der Waals surface area contributed by atoms with E-state index in [-0.39, 0.29) is 23.7 Å². The number of carbonyl (C=O) groups is 1. The Kier molecular flexibility index (Phi) is 5.43. The van der Waals surface area contributed by atoms with Crippen molar-refractivity contribution in [2.45, 2.75) is 13.5 Å². The SMILES string of the molecule is Cc1cc(Cl)cc2sc(N(Cc3cccnc3)C(=O)c3cccc([N+](=O)[O-])c3)nc12. The Morgan fingerprint density at radius 3 is 2.80 bits per heavy atom. The summed E-state index contributed by atoms with van der Waals surface area (Å²) in [4.78, 5) is 34.3. The molecule has 2 heterocycles. The van der Waals surface area contributed by atoms with Gasteiger partial charge in [-0.15, -0.1) is 0 Å². The second kappa shape index (κ2) is 8.17. The molecule has 1 amide bonds. The van der Waals surface area contributed by atoms with Crippen molar-refractivity contribution < 1.29 is 9.72 Å². The number of aryl methyl sites for hydroxylation is 1. The third-order valence-electron chi connectivity index (χ3n) is 4.48. The average molecular weight is 439 g/mol. The molecule has 9 heteroatoms. The number of thiazole rings is 1. The van der Waals surface area contributed by atoms with Gasteiger partial charge in [0.05, 0.1) is 21.7 Å². The van der Waals surface area contributed by atoms with Crippen molar-refractivity contribution in [3.8, 4) is 0 Å². The number of rotatable bonds is 5. The summed E-state index contributed by atoms with van der Waals surface area (Å²) in [5.41, 5.74) is 2.55. The van der Waals surface area contributed by atoms with Crippen LogP contribution >= 0.6 is 22.9 Å². The molecular formula is C21H15ClN4O3S. The lowest BCUT2D eigenvalue weighted by molar-refractivity contribution is -0.384. The van der Waals surface area contributed by atoms with Crippen molar-refractivity contribution in [2.24, 2.45) is 0 Å². The van der Waals surface area contributed by atoms with Crippen molar-refractivity contribution >= 4 is 49.9 Å². The lowest BCUT2D eigenvalue weighted by Crippen LogP contribution is -2.30. The van der Waals surface area contributed by atoms with E-state index in [1.807, 2.05) is 25.1 Å². The van der Waals surface area contributed by atoms with E-state index in [1.165, 1.54) is 34.4 Å². The molecule has 150 valence electrons. The number of anilines is 1. The number of nitrogens with zero attached hydrogens (tertiary/aromatic N) is 4. The topological polar surface area (TPSA) is 89.2 Å². The van der Waals surface area contributed by atoms with E-state index >= 15 is 0 Å². The molecule has 2 aromatic carbocycles. The number of hydrogen-bond acceptors (Lipinski definition) is 6. The van der Waals surface area contributed by atoms with Gasteiger partial charge in [-0.3, -0.25) is 24.8 Å². The Balaban J connectivity index is 1.80. The van der Waals surface area contributed by atoms with Crippen molar-refractivity contribution in [2.75, 3.05) is 4.90 Å². The minimum Gasteiger partial charge on any atom is -0.279 e. The van der Waals surface area contributed by atoms with Gasteiger partial charge in [0.15, 0.2) is 5.13 Å². The van der Waals surface area contributed by atoms with Crippen molar-refractivity contribution in [1.82, 2.24) is 9.97 Å². The minimum absolute atomic E-state index is 0.144. The molecule has 4 rings (SSSR count). The molecule has 0 radical (unpaired) electrons. The Hall–Kier alpha value is -3.36. The van der Waals surface area contributed by atoms with Gasteiger partial charge in [-0.05, 0) is 42.3 Å². The van der Waals surface area contributed by atoms with Crippen molar-refractivity contribution in [3.63, 3.8) is 0 Å². The molecule has 0 bridgehead atoms. The van der Waals surface area contributed by atoms with Crippen LogP contribution in [0.3, 0.4) is 0 Å². The third-order valence-corrected chi connectivity index (χ3v) is 5.73. The Labute approximate surface area is 180 Å². The van der Waals surface area contributed by atoms with Crippen LogP contribution in [0.25, 0.3) is 10.2 Å². The molecule has 0 fully saturated rings. The van der Waals surface area contributed by atoms with Crippen molar-refractivity contribution in [1.29, 1.82) is 0 Å². The van der Waals surface area contributed by atoms with Crippen LogP contribution < -0.4 is 4.90 Å². The lowest BCUT2D eigenvalue weighted by atomic mass is 10.1. The highest BCUT2D eigenvalue weighted by Gasteiger charge is 2.24. The van der Waals surface area contributed by atoms with Gasteiger partial charge in [-0.1, -0.05) is 35.1 Å². The van der Waals surface area contributed by atoms with E-state index < -0.39 is 4.92 Å². The quantitative estimate of drug-likeness (QED) is 0.307. The number of nitro benzene ring substituents is 1. The first kappa shape index (κ1) is 19.9. The summed E-state index contributed by atoms with van der Waals surface area (Å²) in [6.45, 7) is 2.13. The average Bonchev–Trinajstić information content (AvgIpc) is 3.16. The number of non-ortho nitro benzene ring substituents is 1. The molecule has 0 unspecified atom stereocenters. The molecule has 7 nitrogen and oxygen atoms in total. The minimum atomic E-state index is -0.523. The molecule has 0 aliphatic heterocycles. The van der Waals surface area contributed by atoms with Crippen LogP contribution in [0.15, 0.2) is 60.9 Å². The van der Waals surface area contributed by atoms with E-state index in [2.05, 4.69) is 9.97 Å². The largest absolute Gasteiger partial charge is 0.279 e. The fraction of sp³-hybridized carbons (Fsp3) is 0.0952. The number of pyridine rings is 1. The Morgan fingerprint density at radius 2 is 2.07 bits per heavy atom. The molecule has 30 heavy (non-hydrogen) atoms. The van der Waals surface area contributed by atoms with Gasteiger partial charge in [0.25, 0.3) is 11.6 Å². The number of carbonyl (C=O) groups excluding carboxylic acids is 1. The molecular weight excluding hydrogens is 424 g/mol. The predicted octanol–water partition coefficient (Wildman–Crippen LogP) is 5.41. The molecule has 0 aliphatic rings. The zero-order chi connectivity index (χ0) is 21.3. The first-order valence-corrected chi connectivity index (χ1v) is 10.1. The normalized spacial score (nSPS) is 10.9.